The highest BCUT2D eigenvalue weighted by atomic mass is 33.1. The number of hydrogen-bond donors (Lipinski definition) is 0. The lowest BCUT2D eigenvalue weighted by Crippen LogP contribution is -2.67. The van der Waals surface area contributed by atoms with Gasteiger partial charge in [-0.15, -0.1) is 0 Å². The molecule has 20 heteroatoms. The normalized spacial score (nSPS) is 23.2. The zero-order valence-corrected chi connectivity index (χ0v) is 45.6. The number of likely N-dealkylation sites (N-methyl/N-ethyl adjacent to an activating group) is 1. The number of aryl methyl sites for hydroxylation is 1. The van der Waals surface area contributed by atoms with Crippen molar-refractivity contribution >= 4 is 30.1 Å². The zero-order chi connectivity index (χ0) is 53.5. The Balaban J connectivity index is 1.11. The van der Waals surface area contributed by atoms with Crippen molar-refractivity contribution in [3.8, 4) is 5.75 Å². The van der Waals surface area contributed by atoms with Crippen LogP contribution in [0.2, 0.25) is 0 Å². The second-order valence-corrected chi connectivity index (χ2v) is 25.7. The molecule has 2 fully saturated rings. The Morgan fingerprint density at radius 2 is 1.55 bits per heavy atom. The molecule has 3 aliphatic carbocycles. The fourth-order valence-electron chi connectivity index (χ4n) is 10.8. The van der Waals surface area contributed by atoms with Gasteiger partial charge in [0, 0.05) is 37.1 Å². The number of ether oxygens (including phenoxy) is 3. The van der Waals surface area contributed by atoms with E-state index in [9.17, 15) is 39.5 Å². The number of benzene rings is 1. The second-order valence-electron chi connectivity index (χ2n) is 21.1. The Bertz CT molecular complexity index is 1770. The lowest BCUT2D eigenvalue weighted by molar-refractivity contribution is -0.457. The van der Waals surface area contributed by atoms with Crippen LogP contribution in [0.4, 0.5) is 39.5 Å². The molecule has 8 nitrogen and oxygen atoms in total. The number of halogens is 9. The predicted molar refractivity (Wildman–Crippen MR) is 269 cm³/mol. The maximum atomic E-state index is 13.3. The first kappa shape index (κ1) is 60.6. The van der Waals surface area contributed by atoms with Crippen molar-refractivity contribution in [2.45, 2.75) is 192 Å². The molecule has 0 aromatic heterocycles. The molecular weight excluding hydrogens is 1000 g/mol. The molecule has 0 radical (unpaired) electrons. The van der Waals surface area contributed by atoms with Gasteiger partial charge in [-0.3, -0.25) is 0 Å². The highest BCUT2D eigenvalue weighted by molar-refractivity contribution is 8.77. The summed E-state index contributed by atoms with van der Waals surface area (Å²) in [5.74, 6) is 3.14. The monoisotopic (exact) mass is 1080 g/mol. The van der Waals surface area contributed by atoms with Crippen molar-refractivity contribution in [2.75, 3.05) is 65.5 Å². The smallest absolute Gasteiger partial charge is 0.435 e. The molecule has 0 N–H and O–H groups in total. The van der Waals surface area contributed by atoms with Gasteiger partial charge in [-0.1, -0.05) is 60.7 Å². The van der Waals surface area contributed by atoms with E-state index in [-0.39, 0.29) is 40.9 Å². The first-order valence-corrected chi connectivity index (χ1v) is 28.8. The van der Waals surface area contributed by atoms with Crippen molar-refractivity contribution in [3.63, 3.8) is 0 Å². The molecule has 1 aromatic rings. The molecule has 0 spiro atoms. The molecule has 0 aliphatic heterocycles. The fraction of sp³-hybridized carbons (Fsp3) is 0.863. The summed E-state index contributed by atoms with van der Waals surface area (Å²) in [6.45, 7) is 24.4. The Kier molecular flexibility index (Phi) is 23.7. The largest absolute Gasteiger partial charge is 0.492 e. The van der Waals surface area contributed by atoms with Crippen LogP contribution in [0.3, 0.4) is 0 Å². The summed E-state index contributed by atoms with van der Waals surface area (Å²) < 4.78 is 158. The molecule has 410 valence electrons. The van der Waals surface area contributed by atoms with E-state index in [2.05, 4.69) is 86.8 Å². The molecule has 0 amide bonds. The third kappa shape index (κ3) is 17.1. The fourth-order valence-corrected chi connectivity index (χ4v) is 15.1. The first-order valence-electron chi connectivity index (χ1n) is 26.1. The number of alkyl halides is 9. The molecule has 1 aromatic carbocycles. The minimum atomic E-state index is -6.75. The van der Waals surface area contributed by atoms with E-state index >= 15 is 0 Å². The number of nitrogens with zero attached hydrogens (tertiary/aromatic N) is 3. The van der Waals surface area contributed by atoms with Crippen molar-refractivity contribution in [1.82, 2.24) is 9.57 Å². The van der Waals surface area contributed by atoms with Gasteiger partial charge >= 0.3 is 24.1 Å². The van der Waals surface area contributed by atoms with E-state index in [0.29, 0.717) is 57.4 Å². The summed E-state index contributed by atoms with van der Waals surface area (Å²) >= 11 is 0. The molecule has 2 unspecified atom stereocenters. The Morgan fingerprint density at radius 1 is 0.859 bits per heavy atom. The van der Waals surface area contributed by atoms with Gasteiger partial charge in [0.05, 0.1) is 19.3 Å². The summed E-state index contributed by atoms with van der Waals surface area (Å²) in [7, 11) is 4.76. The summed E-state index contributed by atoms with van der Waals surface area (Å²) in [6, 6.07) is 6.90. The van der Waals surface area contributed by atoms with Crippen molar-refractivity contribution < 1.29 is 64.1 Å². The quantitative estimate of drug-likeness (QED) is 0.0238. The predicted octanol–water partition coefficient (Wildman–Crippen LogP) is 15.5. The lowest BCUT2D eigenvalue weighted by atomic mass is 9.55. The number of rotatable bonds is 31. The minimum Gasteiger partial charge on any atom is -0.492 e. The van der Waals surface area contributed by atoms with Crippen LogP contribution in [0.15, 0.2) is 18.2 Å². The maximum Gasteiger partial charge on any atom is 0.435 e. The van der Waals surface area contributed by atoms with Gasteiger partial charge in [0.1, 0.15) is 19.0 Å². The maximum absolute atomic E-state index is 13.3. The van der Waals surface area contributed by atoms with Gasteiger partial charge in [0.15, 0.2) is 0 Å². The van der Waals surface area contributed by atoms with E-state index in [1.165, 1.54) is 17.5 Å². The van der Waals surface area contributed by atoms with E-state index in [1.807, 2.05) is 27.7 Å². The summed E-state index contributed by atoms with van der Waals surface area (Å²) in [4.78, 5) is 5.72. The van der Waals surface area contributed by atoms with Crippen LogP contribution in [0.5, 0.6) is 5.75 Å². The van der Waals surface area contributed by atoms with Gasteiger partial charge in [-0.2, -0.15) is 39.5 Å². The number of hydrogen-bond acceptors (Lipinski definition) is 9. The number of unbranched alkanes of at least 4 members (excludes halogenated alkanes) is 3. The molecule has 71 heavy (non-hydrogen) atoms. The van der Waals surface area contributed by atoms with E-state index in [0.717, 1.165) is 88.8 Å². The molecule has 7 atom stereocenters. The van der Waals surface area contributed by atoms with Crippen LogP contribution in [0.25, 0.3) is 4.85 Å². The molecular formula is C51H81F9N3O5PS2. The lowest BCUT2D eigenvalue weighted by Gasteiger charge is -2.50. The van der Waals surface area contributed by atoms with Gasteiger partial charge in [0.2, 0.25) is 6.54 Å². The van der Waals surface area contributed by atoms with Crippen LogP contribution in [0, 0.1) is 29.7 Å². The van der Waals surface area contributed by atoms with E-state index in [1.54, 1.807) is 0 Å². The Labute approximate surface area is 429 Å². The van der Waals surface area contributed by atoms with E-state index in [4.69, 9.17) is 26.5 Å². The van der Waals surface area contributed by atoms with Gasteiger partial charge in [-0.05, 0) is 172 Å². The zero-order valence-electron chi connectivity index (χ0n) is 44.1. The molecule has 0 saturated heterocycles. The average Bonchev–Trinajstić information content (AvgIpc) is 3.62. The molecule has 0 bridgehead atoms. The minimum absolute atomic E-state index is 0.123. The van der Waals surface area contributed by atoms with Crippen molar-refractivity contribution in [2.24, 2.45) is 23.2 Å². The van der Waals surface area contributed by atoms with Gasteiger partial charge in [-0.25, -0.2) is 11.2 Å². The first-order chi connectivity index (χ1) is 33.7. The second kappa shape index (κ2) is 27.7. The van der Waals surface area contributed by atoms with Crippen LogP contribution in [-0.2, 0) is 24.9 Å². The highest BCUT2D eigenvalue weighted by Gasteiger charge is 2.85. The summed E-state index contributed by atoms with van der Waals surface area (Å²) in [5.41, 5.74) is -3.93. The SMILES string of the molecule is [2H]CC(CCCCCCSSC(C)(C)CCN(C)CCOc1ccc2c(c1)CC[C@@H]1[C@@H]2CC[C@]2(C)[C@@H](OCCCOC(C(F)(F)F)(C(F)(F)F)C(F)(F)F)CC[C@@H]12)COP(OCC[N+]#[C-])N(C(C)C)C(C)C. The molecule has 3 aliphatic rings. The highest BCUT2D eigenvalue weighted by Crippen LogP contribution is 2.62. The number of fused-ring (bicyclic) bond motifs is 5. The topological polar surface area (TPSA) is 57.0 Å². The Morgan fingerprint density at radius 3 is 2.20 bits per heavy atom. The van der Waals surface area contributed by atoms with Crippen LogP contribution >= 0.6 is 30.1 Å². The van der Waals surface area contributed by atoms with Crippen LogP contribution in [-0.4, -0.2) is 122 Å². The van der Waals surface area contributed by atoms with Gasteiger partial charge < -0.3 is 33.0 Å². The van der Waals surface area contributed by atoms with Crippen molar-refractivity contribution in [1.29, 1.82) is 0 Å². The van der Waals surface area contributed by atoms with E-state index < -0.39 is 45.7 Å². The molecule has 0 heterocycles. The van der Waals surface area contributed by atoms with Crippen molar-refractivity contribution in [3.05, 3.63) is 40.7 Å². The summed E-state index contributed by atoms with van der Waals surface area (Å²) in [6.07, 6.45) is -9.47. The Hall–Kier alpha value is -1.23. The molecule has 4 rings (SSSR count). The molecule has 2 saturated carbocycles. The summed E-state index contributed by atoms with van der Waals surface area (Å²) in [5, 5.41) is 0. The standard InChI is InChI=1S/C51H81F9N3O5PS2/c1-36(2)63(37(3)4)69(67-31-26-61-9)68-35-38(5)16-13-11-12-14-33-70-71-46(6,7)25-27-62(10)28-32-64-40-18-20-41-39(34-40)17-19-43-42(41)23-24-47(8)44(43)21-22-45(47)65-29-15-30-66-48(49(52,53)54,50(55,56)57)51(58,59)60/h18,20,34,36-38,42-45H,11-17,19,21-33,35H2,1-8,10H3/t38?,42-,43-,44+,45+,47+,69?/m1/s1/i5D. The van der Waals surface area contributed by atoms with Crippen LogP contribution in [0.1, 0.15) is 151 Å². The van der Waals surface area contributed by atoms with Crippen LogP contribution < -0.4 is 4.74 Å². The average molecular weight is 1080 g/mol. The third-order valence-corrected chi connectivity index (χ3v) is 20.0. The van der Waals surface area contributed by atoms with Gasteiger partial charge in [0.25, 0.3) is 8.53 Å². The third-order valence-electron chi connectivity index (χ3n) is 14.5.